The van der Waals surface area contributed by atoms with Crippen LogP contribution in [0.25, 0.3) is 0 Å². The molecule has 1 unspecified atom stereocenters. The van der Waals surface area contributed by atoms with Crippen LogP contribution >= 0.6 is 0 Å². The Hall–Kier alpha value is -0.520. The quantitative estimate of drug-likeness (QED) is 0.453. The first-order chi connectivity index (χ1) is 3.88. The van der Waals surface area contributed by atoms with Crippen LogP contribution in [0.5, 0.6) is 0 Å². The summed E-state index contributed by atoms with van der Waals surface area (Å²) in [4.78, 5) is 0. The number of allylic oxidation sites excluding steroid dienone is 3. The first kappa shape index (κ1) is 5.61. The van der Waals surface area contributed by atoms with Crippen LogP contribution in [0.4, 0.5) is 0 Å². The lowest BCUT2D eigenvalue weighted by Crippen LogP contribution is -2.11. The predicted molar refractivity (Wildman–Crippen MR) is 36.7 cm³/mol. The van der Waals surface area contributed by atoms with E-state index in [0.717, 1.165) is 5.92 Å². The molecule has 1 aliphatic carbocycles. The topological polar surface area (TPSA) is 0 Å². The molecular formula is C8H12. The summed E-state index contributed by atoms with van der Waals surface area (Å²) in [5.41, 5.74) is 1.57. The number of hydrogen-bond donors (Lipinski definition) is 0. The molecule has 0 spiro atoms. The van der Waals surface area contributed by atoms with E-state index < -0.39 is 0 Å². The molecule has 0 heterocycles. The Morgan fingerprint density at radius 2 is 2.50 bits per heavy atom. The smallest absolute Gasteiger partial charge is 0.00230 e. The molecule has 1 rings (SSSR count). The Kier molecular flexibility index (Phi) is 1.52. The van der Waals surface area contributed by atoms with Crippen molar-refractivity contribution < 1.29 is 0 Å². The van der Waals surface area contributed by atoms with Gasteiger partial charge in [-0.3, -0.25) is 0 Å². The van der Waals surface area contributed by atoms with Gasteiger partial charge in [-0.25, -0.2) is 0 Å². The zero-order valence-corrected chi connectivity index (χ0v) is 5.35. The van der Waals surface area contributed by atoms with Gasteiger partial charge in [0.1, 0.15) is 0 Å². The molecule has 1 saturated carbocycles. The minimum atomic E-state index is 0.722. The van der Waals surface area contributed by atoms with E-state index in [9.17, 15) is 0 Å². The summed E-state index contributed by atoms with van der Waals surface area (Å²) >= 11 is 0. The fourth-order valence-corrected chi connectivity index (χ4v) is 1.11. The van der Waals surface area contributed by atoms with Gasteiger partial charge in [0, 0.05) is 0 Å². The molecule has 1 fully saturated rings. The average molecular weight is 108 g/mol. The summed E-state index contributed by atoms with van der Waals surface area (Å²) in [6.45, 7) is 5.84. The van der Waals surface area contributed by atoms with Gasteiger partial charge in [0.05, 0.1) is 0 Å². The fourth-order valence-electron chi connectivity index (χ4n) is 1.11. The number of hydrogen-bond acceptors (Lipinski definition) is 0. The Labute approximate surface area is 50.9 Å². The maximum Gasteiger partial charge on any atom is -0.00230 e. The van der Waals surface area contributed by atoms with E-state index in [4.69, 9.17) is 0 Å². The van der Waals surface area contributed by atoms with Crippen molar-refractivity contribution in [2.75, 3.05) is 0 Å². The Morgan fingerprint density at radius 1 is 1.75 bits per heavy atom. The van der Waals surface area contributed by atoms with Crippen molar-refractivity contribution >= 4 is 0 Å². The molecular weight excluding hydrogens is 96.1 g/mol. The molecule has 0 saturated heterocycles. The van der Waals surface area contributed by atoms with Crippen LogP contribution in [0.15, 0.2) is 24.3 Å². The molecule has 0 bridgehead atoms. The standard InChI is InChI=1S/C8H12/c1-3-7-5-6-8(7)4-2/h3-4,7H,1,5-6H2,2H3/b8-4-. The monoisotopic (exact) mass is 108 g/mol. The fraction of sp³-hybridized carbons (Fsp3) is 0.500. The van der Waals surface area contributed by atoms with Crippen molar-refractivity contribution in [2.24, 2.45) is 5.92 Å². The second-order valence-corrected chi connectivity index (χ2v) is 2.24. The lowest BCUT2D eigenvalue weighted by Gasteiger charge is -2.26. The van der Waals surface area contributed by atoms with Gasteiger partial charge in [-0.1, -0.05) is 17.7 Å². The first-order valence-corrected chi connectivity index (χ1v) is 3.16. The van der Waals surface area contributed by atoms with Crippen LogP contribution in [0.1, 0.15) is 19.8 Å². The van der Waals surface area contributed by atoms with Crippen LogP contribution in [0.3, 0.4) is 0 Å². The minimum absolute atomic E-state index is 0.722. The molecule has 0 aromatic heterocycles. The molecule has 0 heteroatoms. The summed E-state index contributed by atoms with van der Waals surface area (Å²) in [6, 6.07) is 0. The summed E-state index contributed by atoms with van der Waals surface area (Å²) < 4.78 is 0. The highest BCUT2D eigenvalue weighted by Crippen LogP contribution is 2.33. The predicted octanol–water partition coefficient (Wildman–Crippen LogP) is 2.53. The maximum absolute atomic E-state index is 3.74. The zero-order valence-electron chi connectivity index (χ0n) is 5.35. The molecule has 0 radical (unpaired) electrons. The third kappa shape index (κ3) is 0.706. The summed E-state index contributed by atoms with van der Waals surface area (Å²) in [7, 11) is 0. The summed E-state index contributed by atoms with van der Waals surface area (Å²) in [5, 5.41) is 0. The highest BCUT2D eigenvalue weighted by Gasteiger charge is 2.18. The minimum Gasteiger partial charge on any atom is -0.102 e. The van der Waals surface area contributed by atoms with Crippen LogP contribution < -0.4 is 0 Å². The summed E-state index contributed by atoms with van der Waals surface area (Å²) in [6.07, 6.45) is 6.87. The van der Waals surface area contributed by atoms with E-state index in [-0.39, 0.29) is 0 Å². The molecule has 0 aromatic rings. The number of rotatable bonds is 1. The molecule has 44 valence electrons. The largest absolute Gasteiger partial charge is 0.102 e. The van der Waals surface area contributed by atoms with Crippen LogP contribution in [-0.4, -0.2) is 0 Å². The highest BCUT2D eigenvalue weighted by atomic mass is 14.2. The molecule has 0 amide bonds. The van der Waals surface area contributed by atoms with Gasteiger partial charge in [0.2, 0.25) is 0 Å². The molecule has 1 aliphatic rings. The van der Waals surface area contributed by atoms with Crippen LogP contribution in [0, 0.1) is 5.92 Å². The van der Waals surface area contributed by atoms with Gasteiger partial charge in [-0.05, 0) is 25.7 Å². The normalized spacial score (nSPS) is 32.1. The van der Waals surface area contributed by atoms with Gasteiger partial charge in [-0.2, -0.15) is 0 Å². The van der Waals surface area contributed by atoms with E-state index in [1.807, 2.05) is 6.08 Å². The van der Waals surface area contributed by atoms with Crippen LogP contribution in [-0.2, 0) is 0 Å². The average Bonchev–Trinajstić information content (AvgIpc) is 1.66. The first-order valence-electron chi connectivity index (χ1n) is 3.16. The van der Waals surface area contributed by atoms with E-state index in [2.05, 4.69) is 19.6 Å². The van der Waals surface area contributed by atoms with Crippen molar-refractivity contribution in [2.45, 2.75) is 19.8 Å². The molecule has 1 atom stereocenters. The molecule has 8 heavy (non-hydrogen) atoms. The Bertz CT molecular complexity index is 120. The second kappa shape index (κ2) is 2.17. The van der Waals surface area contributed by atoms with Crippen molar-refractivity contribution in [3.05, 3.63) is 24.3 Å². The molecule has 0 N–H and O–H groups in total. The van der Waals surface area contributed by atoms with Gasteiger partial charge in [-0.15, -0.1) is 6.58 Å². The summed E-state index contributed by atoms with van der Waals surface area (Å²) in [5.74, 6) is 0.722. The third-order valence-electron chi connectivity index (χ3n) is 1.88. The van der Waals surface area contributed by atoms with Crippen molar-refractivity contribution in [1.82, 2.24) is 0 Å². The Balaban J connectivity index is 2.49. The Morgan fingerprint density at radius 3 is 2.62 bits per heavy atom. The molecule has 0 aliphatic heterocycles. The zero-order chi connectivity index (χ0) is 5.98. The third-order valence-corrected chi connectivity index (χ3v) is 1.88. The van der Waals surface area contributed by atoms with Crippen molar-refractivity contribution in [3.63, 3.8) is 0 Å². The molecule has 0 nitrogen and oxygen atoms in total. The van der Waals surface area contributed by atoms with Gasteiger partial charge < -0.3 is 0 Å². The van der Waals surface area contributed by atoms with Crippen LogP contribution in [0.2, 0.25) is 0 Å². The van der Waals surface area contributed by atoms with E-state index >= 15 is 0 Å². The lowest BCUT2D eigenvalue weighted by atomic mass is 9.79. The van der Waals surface area contributed by atoms with Crippen molar-refractivity contribution in [3.8, 4) is 0 Å². The van der Waals surface area contributed by atoms with Gasteiger partial charge >= 0.3 is 0 Å². The van der Waals surface area contributed by atoms with Crippen molar-refractivity contribution in [1.29, 1.82) is 0 Å². The lowest BCUT2D eigenvalue weighted by molar-refractivity contribution is 0.532. The van der Waals surface area contributed by atoms with Gasteiger partial charge in [0.15, 0.2) is 0 Å². The molecule has 0 aromatic carbocycles. The highest BCUT2D eigenvalue weighted by molar-refractivity contribution is 5.19. The van der Waals surface area contributed by atoms with E-state index in [0.29, 0.717) is 0 Å². The van der Waals surface area contributed by atoms with E-state index in [1.54, 1.807) is 5.57 Å². The second-order valence-electron chi connectivity index (χ2n) is 2.24. The maximum atomic E-state index is 3.74. The SMILES string of the molecule is C=CC1CC/C1=C/C. The van der Waals surface area contributed by atoms with Gasteiger partial charge in [0.25, 0.3) is 0 Å². The van der Waals surface area contributed by atoms with E-state index in [1.165, 1.54) is 12.8 Å².